The first-order valence-corrected chi connectivity index (χ1v) is 13.9. The molecule has 0 heterocycles. The molecule has 0 amide bonds. The number of hydrogen-bond acceptors (Lipinski definition) is 1. The minimum absolute atomic E-state index is 0.0524. The third kappa shape index (κ3) is 3.77. The Bertz CT molecular complexity index is 678. The van der Waals surface area contributed by atoms with Crippen LogP contribution in [0, 0.1) is 64.1 Å². The smallest absolute Gasteiger partial charge is 0.0568 e. The molecule has 1 N–H and O–H groups in total. The molecule has 4 fully saturated rings. The van der Waals surface area contributed by atoms with E-state index in [9.17, 15) is 5.11 Å². The van der Waals surface area contributed by atoms with Crippen molar-refractivity contribution in [3.05, 3.63) is 11.6 Å². The summed E-state index contributed by atoms with van der Waals surface area (Å²) in [7, 11) is 0. The predicted octanol–water partition coefficient (Wildman–Crippen LogP) is 8.13. The molecule has 1 nitrogen and oxygen atoms in total. The van der Waals surface area contributed by atoms with E-state index in [1.165, 1.54) is 44.9 Å². The van der Waals surface area contributed by atoms with Gasteiger partial charge in [0.05, 0.1) is 6.10 Å². The number of rotatable bonds is 4. The van der Waals surface area contributed by atoms with Crippen molar-refractivity contribution in [2.45, 2.75) is 113 Å². The van der Waals surface area contributed by atoms with Crippen molar-refractivity contribution in [3.63, 3.8) is 0 Å². The summed E-state index contributed by atoms with van der Waals surface area (Å²) in [6.45, 7) is 19.7. The van der Waals surface area contributed by atoms with E-state index in [-0.39, 0.29) is 6.10 Å². The van der Waals surface area contributed by atoms with E-state index in [2.05, 4.69) is 61.5 Å². The Labute approximate surface area is 193 Å². The molecule has 0 bridgehead atoms. The van der Waals surface area contributed by atoms with Gasteiger partial charge in [-0.2, -0.15) is 0 Å². The van der Waals surface area contributed by atoms with Crippen LogP contribution in [-0.2, 0) is 0 Å². The number of hydrogen-bond donors (Lipinski definition) is 1. The molecule has 1 heteroatoms. The molecule has 31 heavy (non-hydrogen) atoms. The summed E-state index contributed by atoms with van der Waals surface area (Å²) in [6, 6.07) is 0. The lowest BCUT2D eigenvalue weighted by Crippen LogP contribution is -2.56. The maximum absolute atomic E-state index is 10.6. The summed E-state index contributed by atoms with van der Waals surface area (Å²) in [5, 5.41) is 10.6. The van der Waals surface area contributed by atoms with Crippen LogP contribution in [0.15, 0.2) is 11.6 Å². The molecule has 0 aromatic carbocycles. The third-order valence-electron chi connectivity index (χ3n) is 12.1. The molecule has 0 spiro atoms. The normalized spacial score (nSPS) is 49.9. The molecule has 178 valence electrons. The number of allylic oxidation sites excluding steroid dienone is 2. The Morgan fingerprint density at radius 2 is 1.45 bits per heavy atom. The lowest BCUT2D eigenvalue weighted by Gasteiger charge is -2.62. The van der Waals surface area contributed by atoms with Gasteiger partial charge in [-0.3, -0.25) is 0 Å². The molecule has 4 saturated carbocycles. The fourth-order valence-electron chi connectivity index (χ4n) is 9.82. The standard InChI is InChI=1S/C30H52O/c1-18(2)21(5)19(3)17-20(4)24-11-12-26-23-9-10-25-22(6)28(31)14-16-30(25,8)27(23)13-15-29(24,26)7/h17-18,20-28,31H,9-16H2,1-8H3/b19-17+/t20-,21-,22?,23+,24-,25?,26+,27+,28?,29-,30+/m1/s1. The first kappa shape index (κ1) is 23.8. The molecule has 0 aromatic heterocycles. The Hall–Kier alpha value is -0.300. The van der Waals surface area contributed by atoms with Gasteiger partial charge in [-0.15, -0.1) is 0 Å². The van der Waals surface area contributed by atoms with E-state index in [4.69, 9.17) is 0 Å². The van der Waals surface area contributed by atoms with E-state index in [0.29, 0.717) is 28.6 Å². The van der Waals surface area contributed by atoms with Gasteiger partial charge in [0.25, 0.3) is 0 Å². The zero-order valence-electron chi connectivity index (χ0n) is 22.0. The summed E-state index contributed by atoms with van der Waals surface area (Å²) in [5.74, 6) is 7.05. The second-order valence-electron chi connectivity index (χ2n) is 13.6. The molecular weight excluding hydrogens is 376 g/mol. The van der Waals surface area contributed by atoms with Gasteiger partial charge in [0, 0.05) is 0 Å². The second kappa shape index (κ2) is 8.48. The molecule has 4 rings (SSSR count). The molecule has 4 aliphatic carbocycles. The molecular formula is C30H52O. The highest BCUT2D eigenvalue weighted by atomic mass is 16.3. The molecule has 11 atom stereocenters. The quantitative estimate of drug-likeness (QED) is 0.448. The molecule has 4 aliphatic rings. The van der Waals surface area contributed by atoms with Crippen molar-refractivity contribution < 1.29 is 5.11 Å². The topological polar surface area (TPSA) is 20.2 Å². The largest absolute Gasteiger partial charge is 0.393 e. The van der Waals surface area contributed by atoms with Gasteiger partial charge in [0.2, 0.25) is 0 Å². The summed E-state index contributed by atoms with van der Waals surface area (Å²) < 4.78 is 0. The maximum atomic E-state index is 10.6. The number of fused-ring (bicyclic) bond motifs is 5. The Morgan fingerprint density at radius 3 is 2.13 bits per heavy atom. The Kier molecular flexibility index (Phi) is 6.53. The Balaban J connectivity index is 1.53. The van der Waals surface area contributed by atoms with Crippen LogP contribution in [0.25, 0.3) is 0 Å². The van der Waals surface area contributed by atoms with Crippen LogP contribution in [0.3, 0.4) is 0 Å². The van der Waals surface area contributed by atoms with E-state index >= 15 is 0 Å². The minimum Gasteiger partial charge on any atom is -0.393 e. The summed E-state index contributed by atoms with van der Waals surface area (Å²) in [6.07, 6.45) is 13.5. The average Bonchev–Trinajstić information content (AvgIpc) is 3.07. The van der Waals surface area contributed by atoms with Gasteiger partial charge in [-0.1, -0.05) is 60.1 Å². The SMILES string of the molecule is C/C(=C\[C@@H](C)[C@H]1CC[C@H]2[C@@H]3CCC4C(C)C(O)CC[C@]4(C)[C@H]3CC[C@]12C)[C@H](C)C(C)C. The lowest BCUT2D eigenvalue weighted by atomic mass is 9.43. The van der Waals surface area contributed by atoms with Crippen LogP contribution in [0.1, 0.15) is 107 Å². The highest BCUT2D eigenvalue weighted by Gasteiger charge is 2.61. The van der Waals surface area contributed by atoms with Gasteiger partial charge in [0.15, 0.2) is 0 Å². The maximum Gasteiger partial charge on any atom is 0.0568 e. The van der Waals surface area contributed by atoms with Crippen LogP contribution >= 0.6 is 0 Å². The van der Waals surface area contributed by atoms with Crippen LogP contribution in [0.5, 0.6) is 0 Å². The molecule has 0 aliphatic heterocycles. The molecule has 0 radical (unpaired) electrons. The fourth-order valence-corrected chi connectivity index (χ4v) is 9.82. The van der Waals surface area contributed by atoms with Gasteiger partial charge < -0.3 is 5.11 Å². The summed E-state index contributed by atoms with van der Waals surface area (Å²) in [5.41, 5.74) is 2.64. The van der Waals surface area contributed by atoms with Crippen molar-refractivity contribution in [2.75, 3.05) is 0 Å². The van der Waals surface area contributed by atoms with Crippen molar-refractivity contribution in [3.8, 4) is 0 Å². The van der Waals surface area contributed by atoms with Crippen molar-refractivity contribution in [2.24, 2.45) is 64.1 Å². The van der Waals surface area contributed by atoms with E-state index in [0.717, 1.165) is 41.9 Å². The molecule has 0 aromatic rings. The highest BCUT2D eigenvalue weighted by Crippen LogP contribution is 2.68. The van der Waals surface area contributed by atoms with Crippen LogP contribution in [0.4, 0.5) is 0 Å². The van der Waals surface area contributed by atoms with E-state index in [1.807, 2.05) is 0 Å². The Morgan fingerprint density at radius 1 is 0.839 bits per heavy atom. The first-order valence-electron chi connectivity index (χ1n) is 13.9. The summed E-state index contributed by atoms with van der Waals surface area (Å²) >= 11 is 0. The predicted molar refractivity (Wildman–Crippen MR) is 133 cm³/mol. The van der Waals surface area contributed by atoms with Gasteiger partial charge in [-0.25, -0.2) is 0 Å². The van der Waals surface area contributed by atoms with Gasteiger partial charge in [-0.05, 0) is 122 Å². The molecule has 0 saturated heterocycles. The monoisotopic (exact) mass is 428 g/mol. The number of aliphatic hydroxyl groups is 1. The lowest BCUT2D eigenvalue weighted by molar-refractivity contribution is -0.148. The molecule has 3 unspecified atom stereocenters. The van der Waals surface area contributed by atoms with E-state index < -0.39 is 0 Å². The second-order valence-corrected chi connectivity index (χ2v) is 13.6. The van der Waals surface area contributed by atoms with Crippen LogP contribution in [-0.4, -0.2) is 11.2 Å². The first-order chi connectivity index (χ1) is 14.5. The highest BCUT2D eigenvalue weighted by molar-refractivity contribution is 5.13. The fraction of sp³-hybridized carbons (Fsp3) is 0.933. The van der Waals surface area contributed by atoms with Gasteiger partial charge in [0.1, 0.15) is 0 Å². The zero-order chi connectivity index (χ0) is 22.7. The minimum atomic E-state index is -0.0524. The third-order valence-corrected chi connectivity index (χ3v) is 12.1. The van der Waals surface area contributed by atoms with Crippen molar-refractivity contribution in [1.82, 2.24) is 0 Å². The zero-order valence-corrected chi connectivity index (χ0v) is 22.0. The van der Waals surface area contributed by atoms with Gasteiger partial charge >= 0.3 is 0 Å². The van der Waals surface area contributed by atoms with E-state index in [1.54, 1.807) is 5.57 Å². The van der Waals surface area contributed by atoms with Crippen molar-refractivity contribution >= 4 is 0 Å². The number of aliphatic hydroxyl groups excluding tert-OH is 1. The van der Waals surface area contributed by atoms with Crippen LogP contribution in [0.2, 0.25) is 0 Å². The summed E-state index contributed by atoms with van der Waals surface area (Å²) in [4.78, 5) is 0. The van der Waals surface area contributed by atoms with Crippen molar-refractivity contribution in [1.29, 1.82) is 0 Å². The van der Waals surface area contributed by atoms with Crippen LogP contribution < -0.4 is 0 Å². The average molecular weight is 429 g/mol.